The maximum Gasteiger partial charge on any atom is 0.191 e. The van der Waals surface area contributed by atoms with E-state index in [9.17, 15) is 9.32 Å². The first-order valence-electron chi connectivity index (χ1n) is 7.04. The molecule has 0 radical (unpaired) electrons. The Hall–Kier alpha value is -0.270. The molecule has 0 fully saturated rings. The lowest BCUT2D eigenvalue weighted by molar-refractivity contribution is -0.167. The second-order valence-electron chi connectivity index (χ2n) is 7.04. The summed E-state index contributed by atoms with van der Waals surface area (Å²) >= 11 is 1.47. The maximum atomic E-state index is 12.1. The van der Waals surface area contributed by atoms with Crippen molar-refractivity contribution in [3.63, 3.8) is 0 Å². The van der Waals surface area contributed by atoms with Gasteiger partial charge in [-0.05, 0) is 60.6 Å². The van der Waals surface area contributed by atoms with Crippen LogP contribution >= 0.6 is 11.3 Å². The zero-order valence-corrected chi connectivity index (χ0v) is 15.5. The van der Waals surface area contributed by atoms with Gasteiger partial charge in [0.15, 0.2) is 6.29 Å². The molecular weight excluding hydrogens is 306 g/mol. The molecule has 2 N–H and O–H groups in total. The van der Waals surface area contributed by atoms with E-state index >= 15 is 0 Å². The van der Waals surface area contributed by atoms with Gasteiger partial charge in [0.25, 0.3) is 0 Å². The Kier molecular flexibility index (Phi) is 6.15. The lowest BCUT2D eigenvalue weighted by Gasteiger charge is -2.23. The summed E-state index contributed by atoms with van der Waals surface area (Å²) in [4.78, 5) is 1.79. The van der Waals surface area contributed by atoms with E-state index in [4.69, 9.17) is 4.74 Å². The Morgan fingerprint density at radius 1 is 1.19 bits per heavy atom. The second kappa shape index (κ2) is 6.87. The standard InChI is InChI=1S/C15H27NO3S2/c1-10(16-21(18)15(5,6)7)11-8-9-12(20-11)13(17)19-14(2,3)4/h8-10,13,16-17H,1-7H3. The van der Waals surface area contributed by atoms with Crippen LogP contribution in [-0.4, -0.2) is 19.7 Å². The van der Waals surface area contributed by atoms with Crippen LogP contribution in [0.25, 0.3) is 0 Å². The first kappa shape index (κ1) is 18.8. The van der Waals surface area contributed by atoms with Gasteiger partial charge < -0.3 is 9.84 Å². The molecule has 0 spiro atoms. The zero-order chi connectivity index (χ0) is 16.4. The van der Waals surface area contributed by atoms with Crippen LogP contribution in [0, 0.1) is 0 Å². The van der Waals surface area contributed by atoms with Gasteiger partial charge >= 0.3 is 0 Å². The number of rotatable bonds is 5. The fraction of sp³-hybridized carbons (Fsp3) is 0.733. The number of aliphatic hydroxyl groups is 1. The Labute approximate surface area is 134 Å². The lowest BCUT2D eigenvalue weighted by atomic mass is 10.2. The lowest BCUT2D eigenvalue weighted by Crippen LogP contribution is -2.34. The smallest absolute Gasteiger partial charge is 0.191 e. The van der Waals surface area contributed by atoms with Crippen molar-refractivity contribution in [3.8, 4) is 0 Å². The van der Waals surface area contributed by atoms with Crippen LogP contribution in [0.2, 0.25) is 0 Å². The van der Waals surface area contributed by atoms with Gasteiger partial charge in [-0.1, -0.05) is 0 Å². The summed E-state index contributed by atoms with van der Waals surface area (Å²) in [6.45, 7) is 13.5. The van der Waals surface area contributed by atoms with Crippen molar-refractivity contribution in [3.05, 3.63) is 21.9 Å². The SMILES string of the molecule is CC(NS(=O)C(C)(C)C)c1ccc(C(O)OC(C)(C)C)s1. The molecule has 122 valence electrons. The molecular formula is C15H27NO3S2. The van der Waals surface area contributed by atoms with Crippen molar-refractivity contribution in [1.82, 2.24) is 4.72 Å². The molecule has 0 aliphatic carbocycles. The Morgan fingerprint density at radius 3 is 2.19 bits per heavy atom. The maximum absolute atomic E-state index is 12.1. The van der Waals surface area contributed by atoms with Crippen molar-refractivity contribution in [2.75, 3.05) is 0 Å². The molecule has 3 atom stereocenters. The Balaban J connectivity index is 2.72. The average molecular weight is 334 g/mol. The van der Waals surface area contributed by atoms with Crippen molar-refractivity contribution >= 4 is 22.3 Å². The number of hydrogen-bond donors (Lipinski definition) is 2. The molecule has 0 saturated heterocycles. The van der Waals surface area contributed by atoms with E-state index in [2.05, 4.69) is 4.72 Å². The number of nitrogens with one attached hydrogen (secondary N) is 1. The minimum absolute atomic E-state index is 0.0364. The van der Waals surface area contributed by atoms with Crippen LogP contribution in [0.1, 0.15) is 70.6 Å². The summed E-state index contributed by atoms with van der Waals surface area (Å²) in [6.07, 6.45) is -0.927. The highest BCUT2D eigenvalue weighted by Crippen LogP contribution is 2.31. The largest absolute Gasteiger partial charge is 0.364 e. The highest BCUT2D eigenvalue weighted by atomic mass is 32.2. The van der Waals surface area contributed by atoms with Gasteiger partial charge in [0.1, 0.15) is 0 Å². The molecule has 1 aromatic rings. The molecule has 0 bridgehead atoms. The quantitative estimate of drug-likeness (QED) is 0.808. The van der Waals surface area contributed by atoms with Gasteiger partial charge in [-0.2, -0.15) is 0 Å². The van der Waals surface area contributed by atoms with E-state index in [0.29, 0.717) is 0 Å². The molecule has 1 aromatic heterocycles. The predicted molar refractivity (Wildman–Crippen MR) is 89.6 cm³/mol. The molecule has 6 heteroatoms. The zero-order valence-electron chi connectivity index (χ0n) is 13.9. The van der Waals surface area contributed by atoms with E-state index < -0.39 is 22.9 Å². The topological polar surface area (TPSA) is 58.6 Å². The molecule has 0 saturated carbocycles. The monoisotopic (exact) mass is 333 g/mol. The summed E-state index contributed by atoms with van der Waals surface area (Å²) in [7, 11) is -1.12. The molecule has 0 aliphatic rings. The fourth-order valence-electron chi connectivity index (χ4n) is 1.52. The van der Waals surface area contributed by atoms with Crippen LogP contribution < -0.4 is 4.72 Å². The number of ether oxygens (including phenoxy) is 1. The first-order chi connectivity index (χ1) is 9.40. The first-order valence-corrected chi connectivity index (χ1v) is 9.00. The molecule has 1 rings (SSSR count). The fourth-order valence-corrected chi connectivity index (χ4v) is 3.33. The van der Waals surface area contributed by atoms with Crippen LogP contribution in [0.3, 0.4) is 0 Å². The normalized spacial score (nSPS) is 17.5. The van der Waals surface area contributed by atoms with Crippen molar-refractivity contribution in [2.45, 2.75) is 71.1 Å². The number of hydrogen-bond acceptors (Lipinski definition) is 4. The Morgan fingerprint density at radius 2 is 1.71 bits per heavy atom. The highest BCUT2D eigenvalue weighted by Gasteiger charge is 2.24. The molecule has 21 heavy (non-hydrogen) atoms. The molecule has 0 amide bonds. The molecule has 1 heterocycles. The van der Waals surface area contributed by atoms with E-state index in [1.807, 2.05) is 60.6 Å². The van der Waals surface area contributed by atoms with Gasteiger partial charge in [0.05, 0.1) is 32.3 Å². The summed E-state index contributed by atoms with van der Waals surface area (Å²) in [5.41, 5.74) is -0.402. The average Bonchev–Trinajstić information content (AvgIpc) is 2.74. The van der Waals surface area contributed by atoms with E-state index in [-0.39, 0.29) is 10.8 Å². The number of thiophene rings is 1. The van der Waals surface area contributed by atoms with Gasteiger partial charge in [-0.15, -0.1) is 11.3 Å². The van der Waals surface area contributed by atoms with Crippen LogP contribution in [-0.2, 0) is 15.7 Å². The van der Waals surface area contributed by atoms with Crippen LogP contribution in [0.5, 0.6) is 0 Å². The van der Waals surface area contributed by atoms with E-state index in [0.717, 1.165) is 9.75 Å². The van der Waals surface area contributed by atoms with Crippen LogP contribution in [0.15, 0.2) is 12.1 Å². The number of aliphatic hydroxyl groups excluding tert-OH is 1. The molecule has 0 aliphatic heterocycles. The molecule has 0 aromatic carbocycles. The third-order valence-corrected chi connectivity index (χ3v) is 5.60. The third kappa shape index (κ3) is 6.16. The van der Waals surface area contributed by atoms with Crippen molar-refractivity contribution in [2.24, 2.45) is 0 Å². The van der Waals surface area contributed by atoms with Crippen molar-refractivity contribution in [1.29, 1.82) is 0 Å². The van der Waals surface area contributed by atoms with Gasteiger partial charge in [0.2, 0.25) is 0 Å². The summed E-state index contributed by atoms with van der Waals surface area (Å²) in [5.74, 6) is 0. The minimum atomic E-state index is -1.12. The third-order valence-electron chi connectivity index (χ3n) is 2.62. The summed E-state index contributed by atoms with van der Waals surface area (Å²) in [5, 5.41) is 10.1. The minimum Gasteiger partial charge on any atom is -0.364 e. The predicted octanol–water partition coefficient (Wildman–Crippen LogP) is 3.67. The van der Waals surface area contributed by atoms with Gasteiger partial charge in [-0.3, -0.25) is 0 Å². The highest BCUT2D eigenvalue weighted by molar-refractivity contribution is 7.84. The summed E-state index contributed by atoms with van der Waals surface area (Å²) in [6, 6.07) is 3.76. The van der Waals surface area contributed by atoms with E-state index in [1.165, 1.54) is 11.3 Å². The van der Waals surface area contributed by atoms with Crippen molar-refractivity contribution < 1.29 is 14.1 Å². The van der Waals surface area contributed by atoms with Crippen LogP contribution in [0.4, 0.5) is 0 Å². The molecule has 4 nitrogen and oxygen atoms in total. The Bertz CT molecular complexity index is 486. The van der Waals surface area contributed by atoms with Gasteiger partial charge in [0, 0.05) is 4.88 Å². The molecule has 3 unspecified atom stereocenters. The van der Waals surface area contributed by atoms with Gasteiger partial charge in [-0.25, -0.2) is 8.93 Å². The summed E-state index contributed by atoms with van der Waals surface area (Å²) < 4.78 is 20.4. The van der Waals surface area contributed by atoms with E-state index in [1.54, 1.807) is 0 Å². The second-order valence-corrected chi connectivity index (χ2v) is 10.2.